The van der Waals surface area contributed by atoms with Crippen LogP contribution in [-0.4, -0.2) is 33.3 Å². The predicted molar refractivity (Wildman–Crippen MR) is 63.4 cm³/mol. The molecule has 1 saturated heterocycles. The molecule has 0 bridgehead atoms. The number of hydrogen-bond donors (Lipinski definition) is 1. The number of aryl methyl sites for hydroxylation is 1. The van der Waals surface area contributed by atoms with Crippen molar-refractivity contribution in [1.82, 2.24) is 14.7 Å². The third-order valence-electron chi connectivity index (χ3n) is 3.31. The molecule has 84 valence electrons. The summed E-state index contributed by atoms with van der Waals surface area (Å²) in [6, 6.07) is 0.781. The van der Waals surface area contributed by atoms with E-state index in [-0.39, 0.29) is 0 Å². The van der Waals surface area contributed by atoms with Crippen LogP contribution in [0.5, 0.6) is 0 Å². The van der Waals surface area contributed by atoms with Crippen LogP contribution >= 0.6 is 15.9 Å². The monoisotopic (exact) mass is 272 g/mol. The number of halogens is 1. The van der Waals surface area contributed by atoms with Crippen LogP contribution in [0, 0.1) is 0 Å². The molecule has 0 saturated carbocycles. The molecule has 15 heavy (non-hydrogen) atoms. The summed E-state index contributed by atoms with van der Waals surface area (Å²) in [5.41, 5.74) is 7.22. The number of likely N-dealkylation sites (tertiary alicyclic amines) is 1. The highest BCUT2D eigenvalue weighted by Gasteiger charge is 2.28. The first-order valence-electron chi connectivity index (χ1n) is 5.25. The second-order valence-electron chi connectivity index (χ2n) is 4.23. The highest BCUT2D eigenvalue weighted by molar-refractivity contribution is 9.10. The zero-order valence-electron chi connectivity index (χ0n) is 9.15. The Morgan fingerprint density at radius 1 is 1.67 bits per heavy atom. The van der Waals surface area contributed by atoms with Crippen LogP contribution in [0.4, 0.5) is 0 Å². The van der Waals surface area contributed by atoms with Crippen molar-refractivity contribution in [2.45, 2.75) is 32.0 Å². The zero-order chi connectivity index (χ0) is 11.0. The van der Waals surface area contributed by atoms with Crippen LogP contribution < -0.4 is 5.73 Å². The van der Waals surface area contributed by atoms with Gasteiger partial charge in [-0.3, -0.25) is 9.58 Å². The Morgan fingerprint density at radius 3 is 2.87 bits per heavy atom. The first-order chi connectivity index (χ1) is 7.09. The van der Waals surface area contributed by atoms with Crippen molar-refractivity contribution in [3.63, 3.8) is 0 Å². The Balaban J connectivity index is 2.09. The lowest BCUT2D eigenvalue weighted by Gasteiger charge is -2.22. The Hall–Kier alpha value is -0.390. The molecule has 1 fully saturated rings. The molecule has 2 N–H and O–H groups in total. The van der Waals surface area contributed by atoms with Gasteiger partial charge in [-0.2, -0.15) is 5.10 Å². The summed E-state index contributed by atoms with van der Waals surface area (Å²) < 4.78 is 3.00. The third kappa shape index (κ3) is 2.09. The van der Waals surface area contributed by atoms with Gasteiger partial charge in [-0.25, -0.2) is 0 Å². The molecule has 2 atom stereocenters. The number of hydrogen-bond acceptors (Lipinski definition) is 3. The number of nitrogens with zero attached hydrogens (tertiary/aromatic N) is 3. The van der Waals surface area contributed by atoms with Crippen molar-refractivity contribution in [3.05, 3.63) is 16.4 Å². The average Bonchev–Trinajstić information content (AvgIpc) is 2.68. The van der Waals surface area contributed by atoms with E-state index in [0.717, 1.165) is 24.0 Å². The van der Waals surface area contributed by atoms with Gasteiger partial charge >= 0.3 is 0 Å². The van der Waals surface area contributed by atoms with E-state index >= 15 is 0 Å². The molecule has 5 heteroatoms. The summed E-state index contributed by atoms with van der Waals surface area (Å²) >= 11 is 3.52. The van der Waals surface area contributed by atoms with E-state index in [1.54, 1.807) is 0 Å². The largest absolute Gasteiger partial charge is 0.326 e. The fraction of sp³-hybridized carbons (Fsp3) is 0.700. The quantitative estimate of drug-likeness (QED) is 0.878. The fourth-order valence-electron chi connectivity index (χ4n) is 2.06. The van der Waals surface area contributed by atoms with E-state index in [1.807, 2.05) is 17.9 Å². The molecule has 1 aliphatic heterocycles. The van der Waals surface area contributed by atoms with Gasteiger partial charge in [0.05, 0.1) is 16.4 Å². The van der Waals surface area contributed by atoms with Crippen molar-refractivity contribution in [3.8, 4) is 0 Å². The molecule has 0 radical (unpaired) electrons. The van der Waals surface area contributed by atoms with E-state index in [9.17, 15) is 0 Å². The van der Waals surface area contributed by atoms with Crippen LogP contribution in [0.3, 0.4) is 0 Å². The number of aromatic nitrogens is 2. The summed E-state index contributed by atoms with van der Waals surface area (Å²) in [7, 11) is 1.97. The van der Waals surface area contributed by atoms with Crippen LogP contribution in [-0.2, 0) is 13.6 Å². The smallest absolute Gasteiger partial charge is 0.0663 e. The van der Waals surface area contributed by atoms with Gasteiger partial charge < -0.3 is 5.73 Å². The molecule has 1 aromatic rings. The van der Waals surface area contributed by atoms with E-state index in [0.29, 0.717) is 12.1 Å². The molecular weight excluding hydrogens is 256 g/mol. The average molecular weight is 273 g/mol. The van der Waals surface area contributed by atoms with Gasteiger partial charge in [0.2, 0.25) is 0 Å². The highest BCUT2D eigenvalue weighted by atomic mass is 79.9. The predicted octanol–water partition coefficient (Wildman–Crippen LogP) is 1.10. The van der Waals surface area contributed by atoms with Crippen molar-refractivity contribution in [2.75, 3.05) is 6.54 Å². The summed E-state index contributed by atoms with van der Waals surface area (Å²) in [5.74, 6) is 0. The van der Waals surface area contributed by atoms with E-state index in [1.165, 1.54) is 5.69 Å². The van der Waals surface area contributed by atoms with Crippen LogP contribution in [0.2, 0.25) is 0 Å². The fourth-order valence-corrected chi connectivity index (χ4v) is 2.53. The molecule has 2 heterocycles. The minimum absolute atomic E-state index is 0.317. The van der Waals surface area contributed by atoms with Gasteiger partial charge in [0.1, 0.15) is 0 Å². The summed E-state index contributed by atoms with van der Waals surface area (Å²) in [6.07, 6.45) is 2.94. The highest BCUT2D eigenvalue weighted by Crippen LogP contribution is 2.22. The van der Waals surface area contributed by atoms with Crippen molar-refractivity contribution in [2.24, 2.45) is 12.8 Å². The van der Waals surface area contributed by atoms with Gasteiger partial charge in [-0.05, 0) is 29.3 Å². The maximum absolute atomic E-state index is 6.00. The molecule has 4 nitrogen and oxygen atoms in total. The van der Waals surface area contributed by atoms with E-state index < -0.39 is 0 Å². The molecule has 0 spiro atoms. The van der Waals surface area contributed by atoms with Gasteiger partial charge in [0, 0.05) is 32.2 Å². The molecule has 0 aromatic carbocycles. The van der Waals surface area contributed by atoms with Gasteiger partial charge in [0.25, 0.3) is 0 Å². The molecule has 2 rings (SSSR count). The number of rotatable bonds is 2. The first kappa shape index (κ1) is 11.1. The number of nitrogens with two attached hydrogens (primary N) is 1. The Morgan fingerprint density at radius 2 is 2.40 bits per heavy atom. The minimum atomic E-state index is 0.317. The molecule has 0 aliphatic carbocycles. The Bertz CT molecular complexity index is 330. The van der Waals surface area contributed by atoms with Crippen molar-refractivity contribution < 1.29 is 0 Å². The molecule has 1 aliphatic rings. The zero-order valence-corrected chi connectivity index (χ0v) is 10.7. The van der Waals surface area contributed by atoms with Crippen LogP contribution in [0.15, 0.2) is 10.7 Å². The lowest BCUT2D eigenvalue weighted by molar-refractivity contribution is 0.245. The van der Waals surface area contributed by atoms with Crippen LogP contribution in [0.1, 0.15) is 19.0 Å². The lowest BCUT2D eigenvalue weighted by Crippen LogP contribution is -2.36. The summed E-state index contributed by atoms with van der Waals surface area (Å²) in [5, 5.41) is 4.21. The minimum Gasteiger partial charge on any atom is -0.326 e. The van der Waals surface area contributed by atoms with Gasteiger partial charge in [-0.15, -0.1) is 0 Å². The Kier molecular flexibility index (Phi) is 3.13. The maximum atomic E-state index is 6.00. The first-order valence-corrected chi connectivity index (χ1v) is 6.05. The van der Waals surface area contributed by atoms with Crippen molar-refractivity contribution >= 4 is 15.9 Å². The lowest BCUT2D eigenvalue weighted by atomic mass is 10.2. The normalized spacial score (nSPS) is 27.5. The SMILES string of the molecule is CC1C(N)CCN1Cc1c(Br)cnn1C. The summed E-state index contributed by atoms with van der Waals surface area (Å²) in [4.78, 5) is 2.41. The Labute approximate surface area is 98.6 Å². The summed E-state index contributed by atoms with van der Waals surface area (Å²) in [6.45, 7) is 4.20. The van der Waals surface area contributed by atoms with E-state index in [4.69, 9.17) is 5.73 Å². The standard InChI is InChI=1S/C10H17BrN4/c1-7-9(12)3-4-15(7)6-10-8(11)5-13-14(10)2/h5,7,9H,3-4,6,12H2,1-2H3. The third-order valence-corrected chi connectivity index (χ3v) is 3.97. The van der Waals surface area contributed by atoms with Crippen molar-refractivity contribution in [1.29, 1.82) is 0 Å². The second-order valence-corrected chi connectivity index (χ2v) is 5.08. The second kappa shape index (κ2) is 4.23. The van der Waals surface area contributed by atoms with Gasteiger partial charge in [0.15, 0.2) is 0 Å². The van der Waals surface area contributed by atoms with E-state index in [2.05, 4.69) is 32.9 Å². The molecule has 0 amide bonds. The molecular formula is C10H17BrN4. The molecule has 1 aromatic heterocycles. The molecule has 2 unspecified atom stereocenters. The topological polar surface area (TPSA) is 47.1 Å². The van der Waals surface area contributed by atoms with Crippen LogP contribution in [0.25, 0.3) is 0 Å². The van der Waals surface area contributed by atoms with Gasteiger partial charge in [-0.1, -0.05) is 0 Å². The maximum Gasteiger partial charge on any atom is 0.0663 e.